The molecule has 0 aliphatic rings. The zero-order chi connectivity index (χ0) is 17.2. The summed E-state index contributed by atoms with van der Waals surface area (Å²) < 4.78 is 28.6. The first-order valence-corrected chi connectivity index (χ1v) is 9.44. The number of aryl methyl sites for hydroxylation is 3. The van der Waals surface area contributed by atoms with Crippen LogP contribution in [0.3, 0.4) is 0 Å². The molecule has 0 fully saturated rings. The minimum absolute atomic E-state index is 0.300. The van der Waals surface area contributed by atoms with Gasteiger partial charge in [-0.15, -0.1) is 0 Å². The standard InChI is InChI=1S/C19H25NO2S/c1-6-14(3)17-9-7-8-10-18(17)20-23(21,22)19-15(4)11-13(2)12-16(19)5/h7-12,14,20H,6H2,1-5H3/t14-/m1/s1. The number of hydrogen-bond donors (Lipinski definition) is 1. The lowest BCUT2D eigenvalue weighted by Gasteiger charge is -2.18. The van der Waals surface area contributed by atoms with Crippen LogP contribution in [0, 0.1) is 20.8 Å². The minimum Gasteiger partial charge on any atom is -0.279 e. The maximum atomic E-state index is 12.9. The van der Waals surface area contributed by atoms with Crippen molar-refractivity contribution in [1.29, 1.82) is 0 Å². The average Bonchev–Trinajstić information content (AvgIpc) is 2.45. The van der Waals surface area contributed by atoms with Gasteiger partial charge in [-0.25, -0.2) is 8.42 Å². The summed E-state index contributed by atoms with van der Waals surface area (Å²) in [5.41, 5.74) is 4.31. The van der Waals surface area contributed by atoms with Gasteiger partial charge in [-0.1, -0.05) is 49.7 Å². The van der Waals surface area contributed by atoms with Crippen LogP contribution >= 0.6 is 0 Å². The fraction of sp³-hybridized carbons (Fsp3) is 0.368. The van der Waals surface area contributed by atoms with E-state index in [1.54, 1.807) is 0 Å². The first-order chi connectivity index (χ1) is 10.8. The van der Waals surface area contributed by atoms with Crippen molar-refractivity contribution in [2.75, 3.05) is 4.72 Å². The smallest absolute Gasteiger partial charge is 0.262 e. The molecule has 0 aliphatic carbocycles. The van der Waals surface area contributed by atoms with E-state index in [-0.39, 0.29) is 0 Å². The normalized spacial score (nSPS) is 12.9. The van der Waals surface area contributed by atoms with E-state index in [4.69, 9.17) is 0 Å². The molecule has 2 aromatic rings. The summed E-state index contributed by atoms with van der Waals surface area (Å²) in [5, 5.41) is 0. The molecule has 3 nitrogen and oxygen atoms in total. The highest BCUT2D eigenvalue weighted by atomic mass is 32.2. The molecule has 2 aromatic carbocycles. The van der Waals surface area contributed by atoms with Crippen molar-refractivity contribution < 1.29 is 8.42 Å². The van der Waals surface area contributed by atoms with Crippen molar-refractivity contribution in [1.82, 2.24) is 0 Å². The van der Waals surface area contributed by atoms with Gasteiger partial charge in [-0.2, -0.15) is 0 Å². The van der Waals surface area contributed by atoms with Crippen LogP contribution < -0.4 is 4.72 Å². The topological polar surface area (TPSA) is 46.2 Å². The second kappa shape index (κ2) is 6.75. The van der Waals surface area contributed by atoms with Gasteiger partial charge in [0.05, 0.1) is 10.6 Å². The van der Waals surface area contributed by atoms with Gasteiger partial charge in [0, 0.05) is 0 Å². The molecular formula is C19H25NO2S. The van der Waals surface area contributed by atoms with Crippen LogP contribution in [-0.2, 0) is 10.0 Å². The molecule has 0 saturated carbocycles. The Morgan fingerprint density at radius 3 is 2.17 bits per heavy atom. The number of para-hydroxylation sites is 1. The van der Waals surface area contributed by atoms with E-state index in [1.807, 2.05) is 57.2 Å². The Bertz CT molecular complexity index is 787. The molecule has 2 rings (SSSR count). The second-order valence-electron chi connectivity index (χ2n) is 6.23. The Balaban J connectivity index is 2.49. The Labute approximate surface area is 139 Å². The number of nitrogens with one attached hydrogen (secondary N) is 1. The fourth-order valence-corrected chi connectivity index (χ4v) is 4.57. The molecule has 0 saturated heterocycles. The van der Waals surface area contributed by atoms with E-state index in [2.05, 4.69) is 18.6 Å². The molecular weight excluding hydrogens is 306 g/mol. The molecule has 23 heavy (non-hydrogen) atoms. The van der Waals surface area contributed by atoms with Crippen LogP contribution in [0.4, 0.5) is 5.69 Å². The molecule has 0 heterocycles. The van der Waals surface area contributed by atoms with E-state index in [0.717, 1.165) is 28.7 Å². The average molecular weight is 331 g/mol. The van der Waals surface area contributed by atoms with Crippen LogP contribution in [0.15, 0.2) is 41.3 Å². The summed E-state index contributed by atoms with van der Waals surface area (Å²) in [6, 6.07) is 11.4. The fourth-order valence-electron chi connectivity index (χ4n) is 3.03. The first-order valence-electron chi connectivity index (χ1n) is 7.96. The molecule has 0 bridgehead atoms. The number of hydrogen-bond acceptors (Lipinski definition) is 2. The second-order valence-corrected chi connectivity index (χ2v) is 7.85. The van der Waals surface area contributed by atoms with Crippen LogP contribution in [0.5, 0.6) is 0 Å². The third-order valence-electron chi connectivity index (χ3n) is 4.22. The van der Waals surface area contributed by atoms with Gasteiger partial charge in [-0.05, 0) is 55.9 Å². The lowest BCUT2D eigenvalue weighted by Crippen LogP contribution is -2.17. The largest absolute Gasteiger partial charge is 0.279 e. The molecule has 1 atom stereocenters. The van der Waals surface area contributed by atoms with E-state index in [9.17, 15) is 8.42 Å². The highest BCUT2D eigenvalue weighted by Crippen LogP contribution is 2.30. The maximum Gasteiger partial charge on any atom is 0.262 e. The zero-order valence-electron chi connectivity index (χ0n) is 14.5. The van der Waals surface area contributed by atoms with E-state index >= 15 is 0 Å². The predicted molar refractivity (Wildman–Crippen MR) is 96.6 cm³/mol. The quantitative estimate of drug-likeness (QED) is 0.844. The van der Waals surface area contributed by atoms with Crippen LogP contribution in [-0.4, -0.2) is 8.42 Å². The molecule has 0 radical (unpaired) electrons. The van der Waals surface area contributed by atoms with Crippen LogP contribution in [0.25, 0.3) is 0 Å². The van der Waals surface area contributed by atoms with E-state index in [1.165, 1.54) is 0 Å². The lowest BCUT2D eigenvalue weighted by molar-refractivity contribution is 0.600. The molecule has 1 N–H and O–H groups in total. The molecule has 0 spiro atoms. The zero-order valence-corrected chi connectivity index (χ0v) is 15.3. The first kappa shape index (κ1) is 17.5. The summed E-state index contributed by atoms with van der Waals surface area (Å²) in [7, 11) is -3.61. The summed E-state index contributed by atoms with van der Waals surface area (Å²) >= 11 is 0. The highest BCUT2D eigenvalue weighted by Gasteiger charge is 2.21. The van der Waals surface area contributed by atoms with Crippen molar-refractivity contribution in [3.8, 4) is 0 Å². The maximum absolute atomic E-state index is 12.9. The molecule has 0 amide bonds. The van der Waals surface area contributed by atoms with Gasteiger partial charge in [0.25, 0.3) is 10.0 Å². The molecule has 124 valence electrons. The molecule has 0 aliphatic heterocycles. The van der Waals surface area contributed by atoms with Gasteiger partial charge in [-0.3, -0.25) is 4.72 Å². The minimum atomic E-state index is -3.61. The van der Waals surface area contributed by atoms with Crippen molar-refractivity contribution in [2.45, 2.75) is 51.9 Å². The summed E-state index contributed by atoms with van der Waals surface area (Å²) in [4.78, 5) is 0.377. The van der Waals surface area contributed by atoms with Crippen molar-refractivity contribution >= 4 is 15.7 Å². The Hall–Kier alpha value is -1.81. The van der Waals surface area contributed by atoms with Crippen LogP contribution in [0.1, 0.15) is 48.4 Å². The predicted octanol–water partition coefficient (Wildman–Crippen LogP) is 4.93. The van der Waals surface area contributed by atoms with Gasteiger partial charge in [0.15, 0.2) is 0 Å². The molecule has 0 unspecified atom stereocenters. The highest BCUT2D eigenvalue weighted by molar-refractivity contribution is 7.92. The van der Waals surface area contributed by atoms with Crippen molar-refractivity contribution in [2.24, 2.45) is 0 Å². The number of anilines is 1. The van der Waals surface area contributed by atoms with E-state index in [0.29, 0.717) is 16.5 Å². The monoisotopic (exact) mass is 331 g/mol. The van der Waals surface area contributed by atoms with E-state index < -0.39 is 10.0 Å². The van der Waals surface area contributed by atoms with Gasteiger partial charge in [0.1, 0.15) is 0 Å². The van der Waals surface area contributed by atoms with Crippen LogP contribution in [0.2, 0.25) is 0 Å². The Morgan fingerprint density at radius 1 is 1.04 bits per heavy atom. The van der Waals surface area contributed by atoms with Gasteiger partial charge >= 0.3 is 0 Å². The third kappa shape index (κ3) is 3.75. The Kier molecular flexibility index (Phi) is 5.15. The number of rotatable bonds is 5. The number of sulfonamides is 1. The molecule has 4 heteroatoms. The third-order valence-corrected chi connectivity index (χ3v) is 5.89. The summed E-state index contributed by atoms with van der Waals surface area (Å²) in [6.07, 6.45) is 0.960. The SMILES string of the molecule is CC[C@@H](C)c1ccccc1NS(=O)(=O)c1c(C)cc(C)cc1C. The molecule has 0 aromatic heterocycles. The van der Waals surface area contributed by atoms with Gasteiger partial charge in [0.2, 0.25) is 0 Å². The summed E-state index contributed by atoms with van der Waals surface area (Å²) in [5.74, 6) is 0.300. The Morgan fingerprint density at radius 2 is 1.61 bits per heavy atom. The lowest BCUT2D eigenvalue weighted by atomic mass is 9.97. The number of benzene rings is 2. The van der Waals surface area contributed by atoms with Gasteiger partial charge < -0.3 is 0 Å². The van der Waals surface area contributed by atoms with Crippen molar-refractivity contribution in [3.63, 3.8) is 0 Å². The summed E-state index contributed by atoms with van der Waals surface area (Å²) in [6.45, 7) is 9.87. The van der Waals surface area contributed by atoms with Crippen molar-refractivity contribution in [3.05, 3.63) is 58.7 Å².